The molecule has 200 valence electrons. The Bertz CT molecular complexity index is 1630. The second-order valence-electron chi connectivity index (χ2n) is 9.77. The molecule has 0 aliphatic carbocycles. The molecule has 0 spiro atoms. The van der Waals surface area contributed by atoms with E-state index in [4.69, 9.17) is 4.74 Å². The first-order chi connectivity index (χ1) is 19.0. The number of hydrogen-bond acceptors (Lipinski definition) is 3. The van der Waals surface area contributed by atoms with Crippen molar-refractivity contribution in [3.63, 3.8) is 0 Å². The van der Waals surface area contributed by atoms with Crippen LogP contribution in [-0.2, 0) is 21.1 Å². The van der Waals surface area contributed by atoms with Crippen LogP contribution in [0.1, 0.15) is 22.3 Å². The molecule has 0 bridgehead atoms. The molecule has 5 nitrogen and oxygen atoms in total. The zero-order valence-electron chi connectivity index (χ0n) is 22.8. The number of nitrogens with zero attached hydrogens (tertiary/aromatic N) is 4. The molecule has 0 fully saturated rings. The zero-order valence-corrected chi connectivity index (χ0v) is 25.0. The fourth-order valence-corrected chi connectivity index (χ4v) is 5.03. The molecule has 0 aliphatic heterocycles. The smallest absolute Gasteiger partial charge is 0.497 e. The third-order valence-corrected chi connectivity index (χ3v) is 6.87. The normalized spacial score (nSPS) is 10.8. The maximum Gasteiger partial charge on any atom is 2.00 e. The van der Waals surface area contributed by atoms with E-state index in [0.29, 0.717) is 11.5 Å². The van der Waals surface area contributed by atoms with E-state index in [1.165, 1.54) is 22.3 Å². The van der Waals surface area contributed by atoms with Crippen LogP contribution < -0.4 is 4.74 Å². The summed E-state index contributed by atoms with van der Waals surface area (Å²) in [6, 6.07) is 31.0. The predicted octanol–water partition coefficient (Wildman–Crippen LogP) is 8.02. The van der Waals surface area contributed by atoms with E-state index >= 15 is 0 Å². The summed E-state index contributed by atoms with van der Waals surface area (Å²) in [5.74, 6) is 1.20. The maximum absolute atomic E-state index is 6.18. The molecule has 4 aromatic carbocycles. The molecule has 2 heterocycles. The summed E-state index contributed by atoms with van der Waals surface area (Å²) in [5.41, 5.74) is 10.5. The average Bonchev–Trinajstić information content (AvgIpc) is 3.60. The van der Waals surface area contributed by atoms with Crippen LogP contribution in [0.15, 0.2) is 97.8 Å². The van der Waals surface area contributed by atoms with E-state index in [9.17, 15) is 0 Å². The summed E-state index contributed by atoms with van der Waals surface area (Å²) < 4.78 is 10.3. The van der Waals surface area contributed by atoms with Gasteiger partial charge in [0, 0.05) is 22.9 Å². The summed E-state index contributed by atoms with van der Waals surface area (Å²) in [4.78, 5) is 9.29. The fraction of sp³-hybridized carbons (Fsp3) is 0.118. The van der Waals surface area contributed by atoms with Crippen molar-refractivity contribution in [1.82, 2.24) is 19.1 Å². The van der Waals surface area contributed by atoms with Crippen molar-refractivity contribution in [1.29, 1.82) is 0 Å². The van der Waals surface area contributed by atoms with Gasteiger partial charge in [-0.3, -0.25) is 9.97 Å². The van der Waals surface area contributed by atoms with Crippen LogP contribution in [0.25, 0.3) is 33.9 Å². The number of rotatable bonds is 6. The molecule has 0 amide bonds. The van der Waals surface area contributed by atoms with Gasteiger partial charge in [-0.25, -0.2) is 0 Å². The first-order valence-corrected chi connectivity index (χ1v) is 12.9. The number of imidazole rings is 2. The first kappa shape index (κ1) is 27.4. The minimum atomic E-state index is 0. The first-order valence-electron chi connectivity index (χ1n) is 12.9. The van der Waals surface area contributed by atoms with Gasteiger partial charge < -0.3 is 13.9 Å². The molecule has 6 heteroatoms. The number of para-hydroxylation sites is 2. The molecule has 2 aromatic heterocycles. The molecule has 0 radical (unpaired) electrons. The summed E-state index contributed by atoms with van der Waals surface area (Å²) in [5, 5.41) is 0. The zero-order chi connectivity index (χ0) is 26.9. The van der Waals surface area contributed by atoms with E-state index in [2.05, 4.69) is 95.3 Å². The maximum atomic E-state index is 6.18. The van der Waals surface area contributed by atoms with Gasteiger partial charge in [0.1, 0.15) is 0 Å². The number of hydrogen-bond donors (Lipinski definition) is 0. The van der Waals surface area contributed by atoms with Gasteiger partial charge in [-0.15, -0.1) is 47.5 Å². The second-order valence-corrected chi connectivity index (χ2v) is 9.77. The number of aryl methyl sites for hydroxylation is 4. The van der Waals surface area contributed by atoms with Crippen molar-refractivity contribution < 1.29 is 25.8 Å². The van der Waals surface area contributed by atoms with Crippen molar-refractivity contribution in [2.24, 2.45) is 0 Å². The molecule has 0 unspecified atom stereocenters. The summed E-state index contributed by atoms with van der Waals surface area (Å²) in [6.07, 6.45) is 7.76. The summed E-state index contributed by atoms with van der Waals surface area (Å²) in [6.45, 7) is 8.45. The standard InChI is InChI=1S/C34H28N4O.Pt/c1-23-9-5-10-24(2)33(23)37-19-31(35-21-37)27-13-7-15-29(17-27)39-30-16-8-14-28(18-30)32-20-38(22-36-32)34-25(3)11-6-12-26(34)4;/h5-16,19-22H,1-4H3;/q-2;+2. The van der Waals surface area contributed by atoms with Crippen molar-refractivity contribution in [2.45, 2.75) is 27.7 Å². The molecular weight excluding hydrogens is 675 g/mol. The van der Waals surface area contributed by atoms with Gasteiger partial charge >= 0.3 is 21.1 Å². The van der Waals surface area contributed by atoms with E-state index in [1.807, 2.05) is 61.4 Å². The van der Waals surface area contributed by atoms with E-state index < -0.39 is 0 Å². The van der Waals surface area contributed by atoms with Gasteiger partial charge in [-0.2, -0.15) is 0 Å². The van der Waals surface area contributed by atoms with Crippen LogP contribution in [0.2, 0.25) is 0 Å². The topological polar surface area (TPSA) is 44.9 Å². The second kappa shape index (κ2) is 11.5. The van der Waals surface area contributed by atoms with Crippen molar-refractivity contribution in [3.8, 4) is 45.4 Å². The van der Waals surface area contributed by atoms with Gasteiger partial charge in [0.25, 0.3) is 0 Å². The van der Waals surface area contributed by atoms with Crippen molar-refractivity contribution in [2.75, 3.05) is 0 Å². The van der Waals surface area contributed by atoms with E-state index in [0.717, 1.165) is 33.9 Å². The van der Waals surface area contributed by atoms with Gasteiger partial charge in [0.05, 0.1) is 24.0 Å². The Labute approximate surface area is 249 Å². The SMILES string of the molecule is Cc1cccc(C)c1-n1cnc(-c2[c-]c(Oc3[c-]c(-c4cn(-c5c(C)cccc5C)cn4)ccc3)ccc2)c1.[Pt+2]. The molecular formula is C34H28N4OPt. The average molecular weight is 704 g/mol. The Morgan fingerprint density at radius 2 is 0.925 bits per heavy atom. The minimum Gasteiger partial charge on any atom is -0.497 e. The Hall–Kier alpha value is -4.21. The van der Waals surface area contributed by atoms with Gasteiger partial charge in [0.2, 0.25) is 0 Å². The Balaban J connectivity index is 0.00000323. The van der Waals surface area contributed by atoms with Crippen LogP contribution in [-0.4, -0.2) is 19.1 Å². The van der Waals surface area contributed by atoms with Crippen LogP contribution >= 0.6 is 0 Å². The molecule has 0 saturated carbocycles. The Morgan fingerprint density at radius 3 is 1.32 bits per heavy atom. The molecule has 0 aliphatic rings. The quantitative estimate of drug-likeness (QED) is 0.165. The monoisotopic (exact) mass is 703 g/mol. The number of ether oxygens (including phenoxy) is 1. The molecule has 6 rings (SSSR count). The molecule has 6 aromatic rings. The fourth-order valence-electron chi connectivity index (χ4n) is 5.03. The number of aromatic nitrogens is 4. The molecule has 40 heavy (non-hydrogen) atoms. The van der Waals surface area contributed by atoms with Crippen LogP contribution in [0, 0.1) is 39.8 Å². The van der Waals surface area contributed by atoms with Crippen LogP contribution in [0.3, 0.4) is 0 Å². The Morgan fingerprint density at radius 1 is 0.550 bits per heavy atom. The Kier molecular flexibility index (Phi) is 7.86. The number of benzene rings is 4. The van der Waals surface area contributed by atoms with Crippen LogP contribution in [0.5, 0.6) is 11.5 Å². The summed E-state index contributed by atoms with van der Waals surface area (Å²) >= 11 is 0. The van der Waals surface area contributed by atoms with Crippen molar-refractivity contribution >= 4 is 0 Å². The van der Waals surface area contributed by atoms with Gasteiger partial charge in [-0.1, -0.05) is 48.5 Å². The largest absolute Gasteiger partial charge is 2.00 e. The molecule has 0 saturated heterocycles. The minimum absolute atomic E-state index is 0. The van der Waals surface area contributed by atoms with Crippen molar-refractivity contribution in [3.05, 3.63) is 132 Å². The third kappa shape index (κ3) is 5.43. The summed E-state index contributed by atoms with van der Waals surface area (Å²) in [7, 11) is 0. The van der Waals surface area contributed by atoms with Gasteiger partial charge in [-0.05, 0) is 62.3 Å². The van der Waals surface area contributed by atoms with Gasteiger partial charge in [0.15, 0.2) is 0 Å². The molecule has 0 atom stereocenters. The predicted molar refractivity (Wildman–Crippen MR) is 155 cm³/mol. The van der Waals surface area contributed by atoms with E-state index in [-0.39, 0.29) is 21.1 Å². The third-order valence-electron chi connectivity index (χ3n) is 6.87. The molecule has 0 N–H and O–H groups in total. The van der Waals surface area contributed by atoms with E-state index in [1.54, 1.807) is 0 Å². The van der Waals surface area contributed by atoms with Crippen LogP contribution in [0.4, 0.5) is 0 Å².